The van der Waals surface area contributed by atoms with Gasteiger partial charge < -0.3 is 14.9 Å². The summed E-state index contributed by atoms with van der Waals surface area (Å²) in [5, 5.41) is 8.95. The molecule has 0 aromatic heterocycles. The second-order valence-electron chi connectivity index (χ2n) is 5.71. The molecule has 1 N–H and O–H groups in total. The molecule has 2 atom stereocenters. The minimum Gasteiger partial charge on any atom is -0.478 e. The van der Waals surface area contributed by atoms with Crippen LogP contribution in [0.1, 0.15) is 22.8 Å². The fourth-order valence-corrected chi connectivity index (χ4v) is 5.80. The topological polar surface area (TPSA) is 77.9 Å². The number of hydrogen-bond acceptors (Lipinski definition) is 5. The fourth-order valence-electron chi connectivity index (χ4n) is 2.78. The second-order valence-corrected chi connectivity index (χ2v) is 8.45. The highest BCUT2D eigenvalue weighted by atomic mass is 33.1. The van der Waals surface area contributed by atoms with E-state index >= 15 is 0 Å². The van der Waals surface area contributed by atoms with Crippen LogP contribution in [0.4, 0.5) is 0 Å². The third-order valence-electron chi connectivity index (χ3n) is 4.24. The van der Waals surface area contributed by atoms with Crippen LogP contribution in [-0.2, 0) is 16.1 Å². The SMILES string of the molecule is CN1C(=O)C2(C)SSCC1C(=O)N2Cc1ccc(C(=O)O)cc1. The molecular formula is C15H16N2O4S2. The molecule has 1 aromatic rings. The summed E-state index contributed by atoms with van der Waals surface area (Å²) in [6, 6.07) is 5.95. The van der Waals surface area contributed by atoms with Gasteiger partial charge >= 0.3 is 5.97 Å². The van der Waals surface area contributed by atoms with E-state index in [0.717, 1.165) is 5.56 Å². The van der Waals surface area contributed by atoms with Crippen molar-refractivity contribution in [2.45, 2.75) is 24.4 Å². The minimum absolute atomic E-state index is 0.0607. The van der Waals surface area contributed by atoms with Gasteiger partial charge in [0, 0.05) is 19.3 Å². The van der Waals surface area contributed by atoms with E-state index in [1.807, 2.05) is 0 Å². The van der Waals surface area contributed by atoms with E-state index in [0.29, 0.717) is 12.3 Å². The Balaban J connectivity index is 1.91. The quantitative estimate of drug-likeness (QED) is 0.834. The Morgan fingerprint density at radius 1 is 1.35 bits per heavy atom. The lowest BCUT2D eigenvalue weighted by molar-refractivity contribution is -0.161. The van der Waals surface area contributed by atoms with Gasteiger partial charge in [-0.25, -0.2) is 4.79 Å². The molecule has 6 nitrogen and oxygen atoms in total. The van der Waals surface area contributed by atoms with Gasteiger partial charge in [0.05, 0.1) is 5.56 Å². The van der Waals surface area contributed by atoms with E-state index in [4.69, 9.17) is 5.11 Å². The summed E-state index contributed by atoms with van der Waals surface area (Å²) in [6.45, 7) is 2.06. The van der Waals surface area contributed by atoms with Gasteiger partial charge in [0.2, 0.25) is 5.91 Å². The molecule has 8 heteroatoms. The molecule has 4 rings (SSSR count). The predicted octanol–water partition coefficient (Wildman–Crippen LogP) is 1.67. The van der Waals surface area contributed by atoms with Gasteiger partial charge in [-0.05, 0) is 24.6 Å². The summed E-state index contributed by atoms with van der Waals surface area (Å²) < 4.78 is 0. The van der Waals surface area contributed by atoms with Crippen LogP contribution in [0.25, 0.3) is 0 Å². The van der Waals surface area contributed by atoms with Crippen LogP contribution in [0.15, 0.2) is 24.3 Å². The number of rotatable bonds is 3. The van der Waals surface area contributed by atoms with Crippen molar-refractivity contribution in [1.29, 1.82) is 0 Å². The van der Waals surface area contributed by atoms with Crippen LogP contribution >= 0.6 is 21.6 Å². The maximum atomic E-state index is 12.8. The van der Waals surface area contributed by atoms with Crippen molar-refractivity contribution in [3.8, 4) is 0 Å². The smallest absolute Gasteiger partial charge is 0.335 e. The number of piperazine rings is 1. The average molecular weight is 352 g/mol. The minimum atomic E-state index is -0.989. The number of aromatic carboxylic acids is 1. The van der Waals surface area contributed by atoms with Gasteiger partial charge in [0.25, 0.3) is 5.91 Å². The number of carboxylic acids is 1. The monoisotopic (exact) mass is 352 g/mol. The Bertz CT molecular complexity index is 679. The Hall–Kier alpha value is -1.67. The van der Waals surface area contributed by atoms with E-state index in [9.17, 15) is 14.4 Å². The molecular weight excluding hydrogens is 336 g/mol. The number of carboxylic acid groups (broad SMARTS) is 1. The molecule has 3 heterocycles. The molecule has 2 unspecified atom stereocenters. The maximum Gasteiger partial charge on any atom is 0.335 e. The van der Waals surface area contributed by atoms with Crippen LogP contribution in [0, 0.1) is 0 Å². The van der Waals surface area contributed by atoms with Gasteiger partial charge in [0.15, 0.2) is 4.87 Å². The third-order valence-corrected chi connectivity index (χ3v) is 7.26. The number of amides is 2. The van der Waals surface area contributed by atoms with E-state index in [1.54, 1.807) is 35.9 Å². The molecule has 0 aliphatic carbocycles. The van der Waals surface area contributed by atoms with Crippen molar-refractivity contribution in [2.75, 3.05) is 12.8 Å². The zero-order chi connectivity index (χ0) is 16.8. The molecule has 0 spiro atoms. The standard InChI is InChI=1S/C15H16N2O4S2/c1-15-14(21)16(2)11(8-22-23-15)12(18)17(15)7-9-3-5-10(6-4-9)13(19)20/h3-6,11H,7-8H2,1-2H3,(H,19,20). The lowest BCUT2D eigenvalue weighted by Gasteiger charge is -2.46. The zero-order valence-corrected chi connectivity index (χ0v) is 14.3. The highest BCUT2D eigenvalue weighted by Crippen LogP contribution is 2.47. The van der Waals surface area contributed by atoms with Gasteiger partial charge in [-0.2, -0.15) is 0 Å². The summed E-state index contributed by atoms with van der Waals surface area (Å²) in [7, 11) is 4.63. The summed E-state index contributed by atoms with van der Waals surface area (Å²) in [5.41, 5.74) is 1.00. The molecule has 3 aliphatic heterocycles. The van der Waals surface area contributed by atoms with E-state index in [-0.39, 0.29) is 17.4 Å². The van der Waals surface area contributed by atoms with E-state index < -0.39 is 16.9 Å². The molecule has 1 aromatic carbocycles. The molecule has 0 saturated carbocycles. The van der Waals surface area contributed by atoms with Crippen LogP contribution in [0.5, 0.6) is 0 Å². The van der Waals surface area contributed by atoms with E-state index in [1.165, 1.54) is 33.7 Å². The van der Waals surface area contributed by atoms with Gasteiger partial charge in [0.1, 0.15) is 6.04 Å². The summed E-state index contributed by atoms with van der Waals surface area (Å²) in [6.07, 6.45) is 0. The number of hydrogen-bond donors (Lipinski definition) is 1. The van der Waals surface area contributed by atoms with Crippen molar-refractivity contribution < 1.29 is 19.5 Å². The molecule has 3 saturated heterocycles. The molecule has 3 aliphatic rings. The van der Waals surface area contributed by atoms with E-state index in [2.05, 4.69) is 0 Å². The molecule has 2 amide bonds. The predicted molar refractivity (Wildman–Crippen MR) is 89.0 cm³/mol. The van der Waals surface area contributed by atoms with Crippen molar-refractivity contribution in [1.82, 2.24) is 9.80 Å². The molecule has 122 valence electrons. The molecule has 3 fully saturated rings. The number of likely N-dealkylation sites (N-methyl/N-ethyl adjacent to an activating group) is 1. The number of carbonyl (C=O) groups excluding carboxylic acids is 2. The Kier molecular flexibility index (Phi) is 4.05. The lowest BCUT2D eigenvalue weighted by Crippen LogP contribution is -2.66. The van der Waals surface area contributed by atoms with Gasteiger partial charge in [-0.3, -0.25) is 9.59 Å². The highest BCUT2D eigenvalue weighted by molar-refractivity contribution is 8.77. The Morgan fingerprint density at radius 2 is 2.00 bits per heavy atom. The van der Waals surface area contributed by atoms with Crippen molar-refractivity contribution in [2.24, 2.45) is 0 Å². The van der Waals surface area contributed by atoms with Crippen LogP contribution in [0.3, 0.4) is 0 Å². The highest BCUT2D eigenvalue weighted by Gasteiger charge is 2.55. The lowest BCUT2D eigenvalue weighted by atomic mass is 10.0. The summed E-state index contributed by atoms with van der Waals surface area (Å²) in [5.74, 6) is -0.540. The van der Waals surface area contributed by atoms with Gasteiger partial charge in [-0.15, -0.1) is 0 Å². The van der Waals surface area contributed by atoms with Crippen molar-refractivity contribution in [3.05, 3.63) is 35.4 Å². The molecule has 23 heavy (non-hydrogen) atoms. The van der Waals surface area contributed by atoms with Gasteiger partial charge in [-0.1, -0.05) is 33.7 Å². The van der Waals surface area contributed by atoms with Crippen LogP contribution in [-0.4, -0.2) is 56.4 Å². The van der Waals surface area contributed by atoms with Crippen LogP contribution in [0.2, 0.25) is 0 Å². The summed E-state index contributed by atoms with van der Waals surface area (Å²) in [4.78, 5) is 38.5. The third kappa shape index (κ3) is 2.59. The number of carbonyl (C=O) groups is 3. The number of fused-ring (bicyclic) bond motifs is 4. The zero-order valence-electron chi connectivity index (χ0n) is 12.7. The fraction of sp³-hybridized carbons (Fsp3) is 0.400. The summed E-state index contributed by atoms with van der Waals surface area (Å²) >= 11 is 0. The maximum absolute atomic E-state index is 12.8. The first-order chi connectivity index (χ1) is 10.8. The van der Waals surface area contributed by atoms with Crippen LogP contribution < -0.4 is 0 Å². The second kappa shape index (κ2) is 5.76. The first-order valence-corrected chi connectivity index (χ1v) is 9.38. The van der Waals surface area contributed by atoms with Crippen molar-refractivity contribution in [3.63, 3.8) is 0 Å². The Morgan fingerprint density at radius 3 is 2.61 bits per heavy atom. The average Bonchev–Trinajstić information content (AvgIpc) is 2.72. The molecule has 0 radical (unpaired) electrons. The molecule has 2 bridgehead atoms. The number of benzene rings is 1. The normalized spacial score (nSPS) is 27.3. The first kappa shape index (κ1) is 16.2. The first-order valence-electron chi connectivity index (χ1n) is 7.06. The Labute approximate surface area is 141 Å². The largest absolute Gasteiger partial charge is 0.478 e. The number of nitrogens with zero attached hydrogens (tertiary/aromatic N) is 2. The van der Waals surface area contributed by atoms with Crippen molar-refractivity contribution >= 4 is 39.4 Å².